The number of nitrogens with zero attached hydrogens (tertiary/aromatic N) is 3. The summed E-state index contributed by atoms with van der Waals surface area (Å²) in [6, 6.07) is 0.258. The van der Waals surface area contributed by atoms with E-state index in [2.05, 4.69) is 16.2 Å². The van der Waals surface area contributed by atoms with E-state index in [0.29, 0.717) is 19.1 Å². The van der Waals surface area contributed by atoms with E-state index in [1.165, 1.54) is 6.92 Å². The van der Waals surface area contributed by atoms with Crippen LogP contribution in [-0.2, 0) is 9.59 Å². The number of amides is 2. The van der Waals surface area contributed by atoms with E-state index >= 15 is 0 Å². The quantitative estimate of drug-likeness (QED) is 0.685. The maximum absolute atomic E-state index is 12.1. The second kappa shape index (κ2) is 6.61. The molecule has 0 aliphatic carbocycles. The van der Waals surface area contributed by atoms with Crippen molar-refractivity contribution in [3.8, 4) is 0 Å². The van der Waals surface area contributed by atoms with Gasteiger partial charge in [-0.2, -0.15) is 0 Å². The van der Waals surface area contributed by atoms with E-state index in [9.17, 15) is 14.7 Å². The van der Waals surface area contributed by atoms with Gasteiger partial charge in [0.25, 0.3) is 0 Å². The van der Waals surface area contributed by atoms with Gasteiger partial charge >= 0.3 is 0 Å². The van der Waals surface area contributed by atoms with Crippen molar-refractivity contribution in [3.05, 3.63) is 6.42 Å². The summed E-state index contributed by atoms with van der Waals surface area (Å²) in [5.74, 6) is -0.241. The van der Waals surface area contributed by atoms with Crippen LogP contribution in [0.4, 0.5) is 0 Å². The van der Waals surface area contributed by atoms with Crippen molar-refractivity contribution in [1.82, 2.24) is 14.7 Å². The van der Waals surface area contributed by atoms with Crippen molar-refractivity contribution in [2.45, 2.75) is 56.3 Å². The molecule has 2 amide bonds. The van der Waals surface area contributed by atoms with Gasteiger partial charge in [-0.1, -0.05) is 0 Å². The average molecular weight is 337 g/mol. The zero-order chi connectivity index (χ0) is 17.5. The Hall–Kier alpha value is -1.18. The molecule has 4 atom stereocenters. The van der Waals surface area contributed by atoms with Gasteiger partial charge in [0.2, 0.25) is 11.8 Å². The number of aliphatic hydroxyl groups is 1. The standard InChI is InChI=1S/C17H29N4O3/c1-12(22)19(2)14-10-20(11-15(14)23)8-9-21-13-4-3-6-17(21,7-5-13)16(18)24/h3,13-15,23H,4-11H2,1-2H3,(H2,18,24)/t13-,14+,15+,17+/m1/s1. The van der Waals surface area contributed by atoms with Gasteiger partial charge in [-0.15, -0.1) is 0 Å². The van der Waals surface area contributed by atoms with Crippen LogP contribution in [0.2, 0.25) is 0 Å². The fourth-order valence-corrected chi connectivity index (χ4v) is 4.69. The SMILES string of the molecule is CC(=O)N(C)[C@H]1CN(CCN2[C@@H]3C[CH]C[C@@]2(C(N)=O)CC3)C[C@@H]1O. The van der Waals surface area contributed by atoms with Crippen LogP contribution in [0, 0.1) is 6.42 Å². The van der Waals surface area contributed by atoms with Gasteiger partial charge in [-0.3, -0.25) is 19.4 Å². The highest BCUT2D eigenvalue weighted by Crippen LogP contribution is 2.43. The summed E-state index contributed by atoms with van der Waals surface area (Å²) in [5, 5.41) is 10.2. The third kappa shape index (κ3) is 2.93. The Labute approximate surface area is 143 Å². The van der Waals surface area contributed by atoms with Gasteiger partial charge in [0.1, 0.15) is 5.54 Å². The average Bonchev–Trinajstić information content (AvgIpc) is 2.98. The zero-order valence-corrected chi connectivity index (χ0v) is 14.6. The van der Waals surface area contributed by atoms with Crippen molar-refractivity contribution in [3.63, 3.8) is 0 Å². The summed E-state index contributed by atoms with van der Waals surface area (Å²) in [4.78, 5) is 29.7. The third-order valence-electron chi connectivity index (χ3n) is 6.25. The predicted octanol–water partition coefficient (Wildman–Crippen LogP) is -0.804. The molecule has 3 aliphatic heterocycles. The molecule has 24 heavy (non-hydrogen) atoms. The van der Waals surface area contributed by atoms with Gasteiger partial charge < -0.3 is 15.7 Å². The van der Waals surface area contributed by atoms with Crippen LogP contribution < -0.4 is 5.73 Å². The van der Waals surface area contributed by atoms with Crippen LogP contribution >= 0.6 is 0 Å². The zero-order valence-electron chi connectivity index (χ0n) is 14.6. The Bertz CT molecular complexity index is 510. The number of likely N-dealkylation sites (tertiary alicyclic amines) is 1. The number of hydrogen-bond donors (Lipinski definition) is 2. The molecule has 1 radical (unpaired) electrons. The van der Waals surface area contributed by atoms with Crippen LogP contribution in [0.25, 0.3) is 0 Å². The molecule has 3 N–H and O–H groups in total. The summed E-state index contributed by atoms with van der Waals surface area (Å²) < 4.78 is 0. The van der Waals surface area contributed by atoms with Crippen molar-refractivity contribution in [1.29, 1.82) is 0 Å². The molecule has 7 nitrogen and oxygen atoms in total. The fourth-order valence-electron chi connectivity index (χ4n) is 4.69. The summed E-state index contributed by atoms with van der Waals surface area (Å²) in [7, 11) is 1.74. The lowest BCUT2D eigenvalue weighted by molar-refractivity contribution is -0.131. The monoisotopic (exact) mass is 337 g/mol. The smallest absolute Gasteiger partial charge is 0.237 e. The van der Waals surface area contributed by atoms with Gasteiger partial charge in [-0.25, -0.2) is 0 Å². The Morgan fingerprint density at radius 2 is 2.12 bits per heavy atom. The first-order valence-corrected chi connectivity index (χ1v) is 8.87. The molecule has 3 aliphatic rings. The Kier molecular flexibility index (Phi) is 4.86. The van der Waals surface area contributed by atoms with E-state index in [1.807, 2.05) is 0 Å². The van der Waals surface area contributed by atoms with E-state index in [0.717, 1.165) is 38.8 Å². The van der Waals surface area contributed by atoms with Gasteiger partial charge in [0, 0.05) is 46.2 Å². The van der Waals surface area contributed by atoms with E-state index < -0.39 is 11.6 Å². The number of aliphatic hydroxyl groups excluding tert-OH is 1. The number of nitrogens with two attached hydrogens (primary N) is 1. The summed E-state index contributed by atoms with van der Waals surface area (Å²) in [5.41, 5.74) is 5.23. The molecule has 0 unspecified atom stereocenters. The van der Waals surface area contributed by atoms with Gasteiger partial charge in [0.05, 0.1) is 12.1 Å². The molecule has 3 saturated heterocycles. The van der Waals surface area contributed by atoms with Crippen LogP contribution in [-0.4, -0.2) is 88.6 Å². The minimum absolute atomic E-state index is 0.0295. The second-order valence-corrected chi connectivity index (χ2v) is 7.53. The molecule has 3 rings (SSSR count). The number of primary amides is 1. The predicted molar refractivity (Wildman–Crippen MR) is 89.9 cm³/mol. The Morgan fingerprint density at radius 3 is 2.79 bits per heavy atom. The summed E-state index contributed by atoms with van der Waals surface area (Å²) in [6.07, 6.45) is 5.33. The van der Waals surface area contributed by atoms with Gasteiger partial charge in [-0.05, 0) is 32.1 Å². The number of piperidine rings is 1. The van der Waals surface area contributed by atoms with E-state index in [1.54, 1.807) is 11.9 Å². The topological polar surface area (TPSA) is 90.1 Å². The first-order valence-electron chi connectivity index (χ1n) is 8.87. The lowest BCUT2D eigenvalue weighted by Crippen LogP contribution is -2.59. The molecular weight excluding hydrogens is 308 g/mol. The summed E-state index contributed by atoms with van der Waals surface area (Å²) in [6.45, 7) is 4.32. The number of β-amino-alcohol motifs (C(OH)–C–C–N with tert-alkyl or cyclic N) is 1. The van der Waals surface area contributed by atoms with Crippen LogP contribution in [0.15, 0.2) is 0 Å². The third-order valence-corrected chi connectivity index (χ3v) is 6.25. The maximum atomic E-state index is 12.1. The molecule has 3 heterocycles. The number of fused-ring (bicyclic) bond motifs is 2. The first kappa shape index (κ1) is 17.6. The number of carbonyl (C=O) groups excluding carboxylic acids is 2. The van der Waals surface area contributed by atoms with Crippen molar-refractivity contribution in [2.24, 2.45) is 5.73 Å². The lowest BCUT2D eigenvalue weighted by atomic mass is 9.87. The highest BCUT2D eigenvalue weighted by Gasteiger charge is 2.52. The molecule has 0 spiro atoms. The summed E-state index contributed by atoms with van der Waals surface area (Å²) >= 11 is 0. The fraction of sp³-hybridized carbons (Fsp3) is 0.824. The number of carbonyl (C=O) groups is 2. The van der Waals surface area contributed by atoms with E-state index in [-0.39, 0.29) is 17.9 Å². The Balaban J connectivity index is 1.60. The molecular formula is C17H29N4O3. The van der Waals surface area contributed by atoms with Crippen molar-refractivity contribution >= 4 is 11.8 Å². The Morgan fingerprint density at radius 1 is 1.38 bits per heavy atom. The molecule has 0 aromatic rings. The van der Waals surface area contributed by atoms with Gasteiger partial charge in [0.15, 0.2) is 0 Å². The van der Waals surface area contributed by atoms with Crippen LogP contribution in [0.5, 0.6) is 0 Å². The first-order chi connectivity index (χ1) is 11.3. The molecule has 0 aromatic carbocycles. The minimum Gasteiger partial charge on any atom is -0.390 e. The number of rotatable bonds is 5. The largest absolute Gasteiger partial charge is 0.390 e. The number of likely N-dealkylation sites (N-methyl/N-ethyl adjacent to an activating group) is 1. The normalized spacial score (nSPS) is 36.9. The molecule has 0 aromatic heterocycles. The molecule has 7 heteroatoms. The number of hydrogen-bond acceptors (Lipinski definition) is 5. The molecule has 2 bridgehead atoms. The molecule has 135 valence electrons. The van der Waals surface area contributed by atoms with Crippen molar-refractivity contribution in [2.75, 3.05) is 33.2 Å². The minimum atomic E-state index is -0.518. The highest BCUT2D eigenvalue weighted by atomic mass is 16.3. The maximum Gasteiger partial charge on any atom is 0.237 e. The van der Waals surface area contributed by atoms with Crippen LogP contribution in [0.1, 0.15) is 32.6 Å². The lowest BCUT2D eigenvalue weighted by Gasteiger charge is -2.43. The molecule has 0 saturated carbocycles. The highest BCUT2D eigenvalue weighted by molar-refractivity contribution is 5.85. The molecule has 3 fully saturated rings. The second-order valence-electron chi connectivity index (χ2n) is 7.53. The van der Waals surface area contributed by atoms with Crippen molar-refractivity contribution < 1.29 is 14.7 Å². The van der Waals surface area contributed by atoms with E-state index in [4.69, 9.17) is 5.73 Å². The van der Waals surface area contributed by atoms with Crippen LogP contribution in [0.3, 0.4) is 0 Å².